The number of H-pyrrole nitrogens is 1. The largest absolute Gasteiger partial charge is 0.394 e. The van der Waals surface area contributed by atoms with Gasteiger partial charge in [-0.05, 0) is 73.5 Å². The first-order valence-electron chi connectivity index (χ1n) is 14.0. The van der Waals surface area contributed by atoms with E-state index in [1.807, 2.05) is 18.2 Å². The molecular weight excluding hydrogens is 566 g/mol. The van der Waals surface area contributed by atoms with Crippen LogP contribution in [-0.4, -0.2) is 47.1 Å². The molecule has 222 valence electrons. The normalized spacial score (nSPS) is 13.7. The van der Waals surface area contributed by atoms with Crippen LogP contribution in [0.1, 0.15) is 13.8 Å². The molecule has 0 bridgehead atoms. The number of aromatic nitrogens is 2. The Balaban J connectivity index is 0.000000351. The fourth-order valence-corrected chi connectivity index (χ4v) is 5.24. The number of thiol groups is 1. The highest BCUT2D eigenvalue weighted by Gasteiger charge is 2.19. The minimum atomic E-state index is -0.627. The van der Waals surface area contributed by atoms with E-state index in [2.05, 4.69) is 76.6 Å². The van der Waals surface area contributed by atoms with Crippen LogP contribution in [0, 0.1) is 11.6 Å². The average Bonchev–Trinajstić information content (AvgIpc) is 3.00. The lowest BCUT2D eigenvalue weighted by molar-refractivity contribution is 0.209. The first kappa shape index (κ1) is 30.1. The van der Waals surface area contributed by atoms with E-state index in [1.54, 1.807) is 12.3 Å². The number of fused-ring (bicyclic) bond motifs is 1. The number of piperazine rings is 1. The van der Waals surface area contributed by atoms with Crippen molar-refractivity contribution < 1.29 is 8.78 Å². The SMILES string of the molecule is CC(C)N1CCN(c2ccc(-c3cc4cc(-c5c[nH]c(=O)c(N)c5)ccc4nc3N)cc2)CC1.Fc1ccc(S)c(F)c1. The van der Waals surface area contributed by atoms with E-state index in [0.29, 0.717) is 11.9 Å². The van der Waals surface area contributed by atoms with E-state index in [9.17, 15) is 13.6 Å². The first-order valence-corrected chi connectivity index (χ1v) is 14.5. The van der Waals surface area contributed by atoms with Crippen molar-refractivity contribution in [3.63, 3.8) is 0 Å². The molecule has 6 rings (SSSR count). The van der Waals surface area contributed by atoms with Gasteiger partial charge in [0.2, 0.25) is 0 Å². The molecule has 7 nitrogen and oxygen atoms in total. The predicted octanol–water partition coefficient (Wildman–Crippen LogP) is 6.21. The molecule has 1 fully saturated rings. The Hall–Kier alpha value is -4.41. The van der Waals surface area contributed by atoms with Gasteiger partial charge in [0.25, 0.3) is 5.56 Å². The molecule has 0 amide bonds. The molecule has 3 aromatic carbocycles. The number of anilines is 3. The monoisotopic (exact) mass is 600 g/mol. The lowest BCUT2D eigenvalue weighted by Gasteiger charge is -2.38. The Morgan fingerprint density at radius 1 is 0.860 bits per heavy atom. The summed E-state index contributed by atoms with van der Waals surface area (Å²) in [6.45, 7) is 8.76. The number of aromatic amines is 1. The summed E-state index contributed by atoms with van der Waals surface area (Å²) in [5.41, 5.74) is 17.8. The molecule has 43 heavy (non-hydrogen) atoms. The Kier molecular flexibility index (Phi) is 8.98. The molecule has 0 atom stereocenters. The zero-order valence-corrected chi connectivity index (χ0v) is 24.9. The Labute approximate surface area is 254 Å². The standard InChI is InChI=1S/C27H30N6O.C6H4F2S/c1-17(2)32-9-11-33(12-10-32)22-6-3-18(4-7-22)23-14-20-13-19(5-8-25(20)31-26(23)29)21-15-24(28)27(34)30-16-21;7-4-1-2-6(9)5(8)3-4/h3-8,13-17H,9-12,28H2,1-2H3,(H2,29,31)(H,30,34);1-3,9H. The lowest BCUT2D eigenvalue weighted by atomic mass is 10.0. The van der Waals surface area contributed by atoms with Crippen molar-refractivity contribution in [3.8, 4) is 22.3 Å². The molecule has 0 saturated carbocycles. The van der Waals surface area contributed by atoms with Gasteiger partial charge in [-0.2, -0.15) is 0 Å². The van der Waals surface area contributed by atoms with Crippen molar-refractivity contribution in [2.75, 3.05) is 42.5 Å². The summed E-state index contributed by atoms with van der Waals surface area (Å²) in [5, 5.41) is 0.973. The molecule has 0 radical (unpaired) electrons. The van der Waals surface area contributed by atoms with Crippen molar-refractivity contribution >= 4 is 40.7 Å². The molecule has 1 saturated heterocycles. The highest BCUT2D eigenvalue weighted by molar-refractivity contribution is 7.80. The second-order valence-electron chi connectivity index (χ2n) is 10.8. The van der Waals surface area contributed by atoms with Gasteiger partial charge < -0.3 is 21.4 Å². The number of pyridine rings is 2. The van der Waals surface area contributed by atoms with Crippen LogP contribution in [0.2, 0.25) is 0 Å². The van der Waals surface area contributed by atoms with E-state index in [0.717, 1.165) is 71.5 Å². The van der Waals surface area contributed by atoms with Gasteiger partial charge in [0.1, 0.15) is 17.5 Å². The molecule has 3 heterocycles. The molecule has 5 N–H and O–H groups in total. The van der Waals surface area contributed by atoms with E-state index in [-0.39, 0.29) is 16.1 Å². The van der Waals surface area contributed by atoms with Gasteiger partial charge in [0, 0.05) is 71.6 Å². The first-order chi connectivity index (χ1) is 20.6. The summed E-state index contributed by atoms with van der Waals surface area (Å²) in [5.74, 6) is -0.699. The molecule has 0 unspecified atom stereocenters. The fourth-order valence-electron chi connectivity index (χ4n) is 5.10. The molecule has 0 aliphatic carbocycles. The van der Waals surface area contributed by atoms with E-state index in [1.165, 1.54) is 11.8 Å². The summed E-state index contributed by atoms with van der Waals surface area (Å²) in [4.78, 5) is 24.0. The lowest BCUT2D eigenvalue weighted by Crippen LogP contribution is -2.48. The second-order valence-corrected chi connectivity index (χ2v) is 11.2. The highest BCUT2D eigenvalue weighted by atomic mass is 32.1. The zero-order chi connectivity index (χ0) is 30.7. The summed E-state index contributed by atoms with van der Waals surface area (Å²) in [6.07, 6.45) is 1.67. The summed E-state index contributed by atoms with van der Waals surface area (Å²) in [7, 11) is 0. The highest BCUT2D eigenvalue weighted by Crippen LogP contribution is 2.32. The van der Waals surface area contributed by atoms with Crippen LogP contribution in [0.15, 0.2) is 88.7 Å². The molecule has 2 aromatic heterocycles. The van der Waals surface area contributed by atoms with Crippen molar-refractivity contribution in [3.05, 3.63) is 101 Å². The van der Waals surface area contributed by atoms with Crippen molar-refractivity contribution in [1.29, 1.82) is 0 Å². The smallest absolute Gasteiger partial charge is 0.271 e. The number of nitrogens with two attached hydrogens (primary N) is 2. The third-order valence-electron chi connectivity index (χ3n) is 7.61. The number of nitrogen functional groups attached to an aromatic ring is 2. The second kappa shape index (κ2) is 12.8. The van der Waals surface area contributed by atoms with Crippen LogP contribution in [-0.2, 0) is 0 Å². The predicted molar refractivity (Wildman–Crippen MR) is 175 cm³/mol. The van der Waals surface area contributed by atoms with Crippen LogP contribution in [0.3, 0.4) is 0 Å². The van der Waals surface area contributed by atoms with E-state index >= 15 is 0 Å². The maximum atomic E-state index is 12.3. The number of nitrogens with one attached hydrogen (secondary N) is 1. The Bertz CT molecular complexity index is 1800. The number of rotatable bonds is 4. The van der Waals surface area contributed by atoms with Gasteiger partial charge in [-0.25, -0.2) is 13.8 Å². The molecule has 1 aliphatic rings. The Morgan fingerprint density at radius 3 is 2.19 bits per heavy atom. The number of hydrogen-bond donors (Lipinski definition) is 4. The van der Waals surface area contributed by atoms with Crippen molar-refractivity contribution in [2.45, 2.75) is 24.8 Å². The van der Waals surface area contributed by atoms with Gasteiger partial charge in [0.15, 0.2) is 0 Å². The van der Waals surface area contributed by atoms with Gasteiger partial charge in [-0.15, -0.1) is 12.6 Å². The van der Waals surface area contributed by atoms with Gasteiger partial charge >= 0.3 is 0 Å². The van der Waals surface area contributed by atoms with Crippen LogP contribution < -0.4 is 21.9 Å². The Morgan fingerprint density at radius 2 is 1.56 bits per heavy atom. The molecule has 1 aliphatic heterocycles. The minimum Gasteiger partial charge on any atom is -0.394 e. The minimum absolute atomic E-state index is 0.163. The maximum Gasteiger partial charge on any atom is 0.271 e. The van der Waals surface area contributed by atoms with E-state index in [4.69, 9.17) is 11.5 Å². The number of halogens is 2. The maximum absolute atomic E-state index is 12.3. The third kappa shape index (κ3) is 6.98. The topological polar surface area (TPSA) is 104 Å². The van der Waals surface area contributed by atoms with Crippen LogP contribution >= 0.6 is 12.6 Å². The molecule has 5 aromatic rings. The zero-order valence-electron chi connectivity index (χ0n) is 24.0. The van der Waals surface area contributed by atoms with Crippen molar-refractivity contribution in [1.82, 2.24) is 14.9 Å². The fraction of sp³-hybridized carbons (Fsp3) is 0.212. The summed E-state index contributed by atoms with van der Waals surface area (Å²) < 4.78 is 24.3. The van der Waals surface area contributed by atoms with Gasteiger partial charge in [-0.3, -0.25) is 9.69 Å². The molecule has 10 heteroatoms. The quantitative estimate of drug-likeness (QED) is 0.183. The molecular formula is C33H34F2N6OS. The van der Waals surface area contributed by atoms with Gasteiger partial charge in [0.05, 0.1) is 11.2 Å². The number of nitrogens with zero attached hydrogens (tertiary/aromatic N) is 3. The number of benzene rings is 3. The van der Waals surface area contributed by atoms with Crippen LogP contribution in [0.5, 0.6) is 0 Å². The van der Waals surface area contributed by atoms with Crippen LogP contribution in [0.25, 0.3) is 33.2 Å². The average molecular weight is 601 g/mol. The summed E-state index contributed by atoms with van der Waals surface area (Å²) in [6, 6.07) is 22.1. The van der Waals surface area contributed by atoms with E-state index < -0.39 is 11.6 Å². The molecule has 0 spiro atoms. The van der Waals surface area contributed by atoms with Gasteiger partial charge in [-0.1, -0.05) is 18.2 Å². The third-order valence-corrected chi connectivity index (χ3v) is 7.97. The van der Waals surface area contributed by atoms with Crippen LogP contribution in [0.4, 0.5) is 26.0 Å². The summed E-state index contributed by atoms with van der Waals surface area (Å²) >= 11 is 3.70. The number of hydrogen-bond acceptors (Lipinski definition) is 7. The van der Waals surface area contributed by atoms with Crippen molar-refractivity contribution in [2.24, 2.45) is 0 Å².